The first-order chi connectivity index (χ1) is 11.3. The van der Waals surface area contributed by atoms with E-state index in [1.807, 2.05) is 42.5 Å². The summed E-state index contributed by atoms with van der Waals surface area (Å²) in [6, 6.07) is 17.7. The van der Waals surface area contributed by atoms with Gasteiger partial charge in [-0.3, -0.25) is 0 Å². The summed E-state index contributed by atoms with van der Waals surface area (Å²) < 4.78 is 2.15. The average Bonchev–Trinajstić information content (AvgIpc) is 2.96. The molecule has 0 bridgehead atoms. The van der Waals surface area contributed by atoms with Crippen molar-refractivity contribution in [2.24, 2.45) is 4.99 Å². The number of aliphatic hydroxyl groups is 1. The van der Waals surface area contributed by atoms with Crippen molar-refractivity contribution in [3.8, 4) is 11.3 Å². The number of nitrogens with zero attached hydrogens (tertiary/aromatic N) is 2. The van der Waals surface area contributed by atoms with Crippen LogP contribution in [0, 0.1) is 0 Å². The van der Waals surface area contributed by atoms with Crippen LogP contribution in [0.4, 0.5) is 5.69 Å². The van der Waals surface area contributed by atoms with Gasteiger partial charge in [-0.15, -0.1) is 11.3 Å². The Kier molecular flexibility index (Phi) is 5.28. The molecule has 1 N–H and O–H groups in total. The molecule has 3 rings (SSSR count). The number of rotatable bonds is 5. The van der Waals surface area contributed by atoms with Crippen LogP contribution in [0.25, 0.3) is 11.3 Å². The molecule has 3 nitrogen and oxygen atoms in total. The summed E-state index contributed by atoms with van der Waals surface area (Å²) in [5.74, 6) is 0. The summed E-state index contributed by atoms with van der Waals surface area (Å²) in [5, 5.41) is 12.0. The molecule has 0 saturated carbocycles. The van der Waals surface area contributed by atoms with Crippen LogP contribution in [0.1, 0.15) is 6.42 Å². The van der Waals surface area contributed by atoms with Gasteiger partial charge in [0.05, 0.1) is 11.4 Å². The van der Waals surface area contributed by atoms with Gasteiger partial charge in [0.2, 0.25) is 0 Å². The Bertz CT molecular complexity index is 839. The maximum atomic E-state index is 9.19. The third-order valence-corrected chi connectivity index (χ3v) is 4.54. The number of benzene rings is 2. The van der Waals surface area contributed by atoms with E-state index in [4.69, 9.17) is 16.6 Å². The first-order valence-corrected chi connectivity index (χ1v) is 8.68. The fraction of sp³-hybridized carbons (Fsp3) is 0.167. The normalized spacial score (nSPS) is 11.8. The molecule has 118 valence electrons. The zero-order chi connectivity index (χ0) is 16.1. The van der Waals surface area contributed by atoms with Crippen LogP contribution in [0.5, 0.6) is 0 Å². The Labute approximate surface area is 144 Å². The highest BCUT2D eigenvalue weighted by atomic mass is 35.5. The highest BCUT2D eigenvalue weighted by Crippen LogP contribution is 2.22. The van der Waals surface area contributed by atoms with Gasteiger partial charge in [0.1, 0.15) is 0 Å². The highest BCUT2D eigenvalue weighted by molar-refractivity contribution is 7.07. The van der Waals surface area contributed by atoms with Gasteiger partial charge in [0.25, 0.3) is 0 Å². The molecule has 0 saturated heterocycles. The van der Waals surface area contributed by atoms with E-state index >= 15 is 0 Å². The van der Waals surface area contributed by atoms with Crippen molar-refractivity contribution in [3.05, 3.63) is 69.8 Å². The molecule has 3 aromatic rings. The molecule has 0 spiro atoms. The second-order valence-electron chi connectivity index (χ2n) is 5.09. The van der Waals surface area contributed by atoms with Gasteiger partial charge >= 0.3 is 0 Å². The van der Waals surface area contributed by atoms with Crippen molar-refractivity contribution in [1.29, 1.82) is 0 Å². The maximum absolute atomic E-state index is 9.19. The van der Waals surface area contributed by atoms with E-state index in [1.165, 1.54) is 0 Å². The van der Waals surface area contributed by atoms with Gasteiger partial charge in [0.15, 0.2) is 4.80 Å². The number of hydrogen-bond donors (Lipinski definition) is 1. The van der Waals surface area contributed by atoms with Crippen molar-refractivity contribution >= 4 is 28.6 Å². The summed E-state index contributed by atoms with van der Waals surface area (Å²) in [4.78, 5) is 5.62. The van der Waals surface area contributed by atoms with Crippen LogP contribution >= 0.6 is 22.9 Å². The fourth-order valence-corrected chi connectivity index (χ4v) is 3.50. The van der Waals surface area contributed by atoms with E-state index in [2.05, 4.69) is 22.1 Å². The topological polar surface area (TPSA) is 37.5 Å². The predicted octanol–water partition coefficient (Wildman–Crippen LogP) is 4.48. The molecule has 0 unspecified atom stereocenters. The monoisotopic (exact) mass is 344 g/mol. The van der Waals surface area contributed by atoms with Crippen LogP contribution in [0.3, 0.4) is 0 Å². The summed E-state index contributed by atoms with van der Waals surface area (Å²) >= 11 is 7.63. The smallest absolute Gasteiger partial charge is 0.190 e. The lowest BCUT2D eigenvalue weighted by Crippen LogP contribution is -2.16. The molecule has 0 aliphatic rings. The SMILES string of the molecule is OCCCn1c(-c2ccccc2)csc1=Nc1cccc(Cl)c1. The van der Waals surface area contributed by atoms with E-state index in [0.29, 0.717) is 11.4 Å². The molecule has 2 aromatic carbocycles. The van der Waals surface area contributed by atoms with E-state index in [0.717, 1.165) is 28.3 Å². The number of thiazole rings is 1. The van der Waals surface area contributed by atoms with E-state index < -0.39 is 0 Å². The minimum atomic E-state index is 0.160. The second-order valence-corrected chi connectivity index (χ2v) is 6.36. The first kappa shape index (κ1) is 16.0. The summed E-state index contributed by atoms with van der Waals surface area (Å²) in [5.41, 5.74) is 3.09. The lowest BCUT2D eigenvalue weighted by atomic mass is 10.2. The number of aromatic nitrogens is 1. The Hall–Kier alpha value is -1.88. The lowest BCUT2D eigenvalue weighted by Gasteiger charge is -2.08. The third-order valence-electron chi connectivity index (χ3n) is 3.44. The van der Waals surface area contributed by atoms with Crippen molar-refractivity contribution in [1.82, 2.24) is 4.57 Å². The number of hydrogen-bond acceptors (Lipinski definition) is 3. The summed E-state index contributed by atoms with van der Waals surface area (Å²) in [6.45, 7) is 0.886. The minimum absolute atomic E-state index is 0.160. The van der Waals surface area contributed by atoms with Gasteiger partial charge in [-0.05, 0) is 30.2 Å². The molecule has 1 heterocycles. The average molecular weight is 345 g/mol. The van der Waals surface area contributed by atoms with Crippen molar-refractivity contribution in [2.45, 2.75) is 13.0 Å². The van der Waals surface area contributed by atoms with Gasteiger partial charge < -0.3 is 9.67 Å². The number of aliphatic hydroxyl groups excluding tert-OH is 1. The first-order valence-electron chi connectivity index (χ1n) is 7.43. The fourth-order valence-electron chi connectivity index (χ4n) is 2.36. The molecule has 23 heavy (non-hydrogen) atoms. The molecule has 0 radical (unpaired) electrons. The standard InChI is InChI=1S/C18H17ClN2OS/c19-15-8-4-9-16(12-15)20-18-21(10-5-11-22)17(13-23-18)14-6-2-1-3-7-14/h1-4,6-9,12-13,22H,5,10-11H2. The summed E-state index contributed by atoms with van der Waals surface area (Å²) in [7, 11) is 0. The van der Waals surface area contributed by atoms with Crippen LogP contribution in [-0.4, -0.2) is 16.3 Å². The Morgan fingerprint density at radius 1 is 1.09 bits per heavy atom. The minimum Gasteiger partial charge on any atom is -0.396 e. The number of halogens is 1. The van der Waals surface area contributed by atoms with Crippen molar-refractivity contribution < 1.29 is 5.11 Å². The van der Waals surface area contributed by atoms with E-state index in [-0.39, 0.29) is 6.61 Å². The Morgan fingerprint density at radius 3 is 2.65 bits per heavy atom. The predicted molar refractivity (Wildman–Crippen MR) is 96.1 cm³/mol. The van der Waals surface area contributed by atoms with Gasteiger partial charge in [-0.1, -0.05) is 48.0 Å². The molecule has 0 amide bonds. The molecule has 0 aliphatic heterocycles. The van der Waals surface area contributed by atoms with Crippen LogP contribution in [-0.2, 0) is 6.54 Å². The Balaban J connectivity index is 2.08. The van der Waals surface area contributed by atoms with Crippen LogP contribution < -0.4 is 4.80 Å². The second kappa shape index (κ2) is 7.59. The molecule has 1 aromatic heterocycles. The van der Waals surface area contributed by atoms with Gasteiger partial charge in [-0.2, -0.15) is 0 Å². The quantitative estimate of drug-likeness (QED) is 0.727. The molecule has 0 fully saturated rings. The molecule has 5 heteroatoms. The molecular formula is C18H17ClN2OS. The highest BCUT2D eigenvalue weighted by Gasteiger charge is 2.07. The van der Waals surface area contributed by atoms with Crippen LogP contribution in [0.15, 0.2) is 65.0 Å². The van der Waals surface area contributed by atoms with E-state index in [1.54, 1.807) is 11.3 Å². The van der Waals surface area contributed by atoms with Crippen molar-refractivity contribution in [3.63, 3.8) is 0 Å². The van der Waals surface area contributed by atoms with Gasteiger partial charge in [-0.25, -0.2) is 4.99 Å². The zero-order valence-electron chi connectivity index (χ0n) is 12.5. The molecule has 0 aliphatic carbocycles. The Morgan fingerprint density at radius 2 is 1.91 bits per heavy atom. The molecular weight excluding hydrogens is 328 g/mol. The van der Waals surface area contributed by atoms with Crippen molar-refractivity contribution in [2.75, 3.05) is 6.61 Å². The third kappa shape index (κ3) is 3.91. The van der Waals surface area contributed by atoms with Gasteiger partial charge in [0, 0.05) is 23.6 Å². The maximum Gasteiger partial charge on any atom is 0.190 e. The zero-order valence-corrected chi connectivity index (χ0v) is 14.1. The lowest BCUT2D eigenvalue weighted by molar-refractivity contribution is 0.279. The largest absolute Gasteiger partial charge is 0.396 e. The van der Waals surface area contributed by atoms with Crippen LogP contribution in [0.2, 0.25) is 5.02 Å². The summed E-state index contributed by atoms with van der Waals surface area (Å²) in [6.07, 6.45) is 0.694. The van der Waals surface area contributed by atoms with E-state index in [9.17, 15) is 5.11 Å². The molecule has 0 atom stereocenters.